The number of aromatic nitrogens is 2. The van der Waals surface area contributed by atoms with Crippen molar-refractivity contribution in [2.45, 2.75) is 6.42 Å². The third kappa shape index (κ3) is 4.81. The standard InChI is InChI=1S/C19H15F3N4O/c20-14-6-4-12(5-7-14)8-9-23-18(27)13-10-24-19(25-11-13)26-17-15(21)2-1-3-16(17)22/h1-7,10-11H,8-9H2,(H,23,27)(H,24,25,26). The molecule has 0 aliphatic carbocycles. The van der Waals surface area contributed by atoms with Crippen molar-refractivity contribution in [3.63, 3.8) is 0 Å². The van der Waals surface area contributed by atoms with Gasteiger partial charge in [0.2, 0.25) is 5.95 Å². The van der Waals surface area contributed by atoms with Gasteiger partial charge in [-0.25, -0.2) is 23.1 Å². The number of carbonyl (C=O) groups is 1. The van der Waals surface area contributed by atoms with E-state index in [4.69, 9.17) is 0 Å². The van der Waals surface area contributed by atoms with E-state index in [0.29, 0.717) is 13.0 Å². The lowest BCUT2D eigenvalue weighted by Crippen LogP contribution is -2.26. The monoisotopic (exact) mass is 372 g/mol. The maximum atomic E-state index is 13.6. The fourth-order valence-electron chi connectivity index (χ4n) is 2.31. The van der Waals surface area contributed by atoms with E-state index in [1.165, 1.54) is 30.6 Å². The Morgan fingerprint density at radius 2 is 1.56 bits per heavy atom. The van der Waals surface area contributed by atoms with Crippen LogP contribution in [0.1, 0.15) is 15.9 Å². The highest BCUT2D eigenvalue weighted by Gasteiger charge is 2.11. The van der Waals surface area contributed by atoms with Gasteiger partial charge < -0.3 is 10.6 Å². The number of nitrogens with zero attached hydrogens (tertiary/aromatic N) is 2. The minimum atomic E-state index is -0.777. The topological polar surface area (TPSA) is 66.9 Å². The Bertz CT molecular complexity index is 910. The lowest BCUT2D eigenvalue weighted by molar-refractivity contribution is 0.0953. The molecule has 0 aliphatic rings. The Morgan fingerprint density at radius 3 is 2.19 bits per heavy atom. The molecule has 0 aliphatic heterocycles. The first-order valence-corrected chi connectivity index (χ1v) is 8.08. The third-order valence-corrected chi connectivity index (χ3v) is 3.73. The predicted octanol–water partition coefficient (Wildman–Crippen LogP) is 3.61. The molecule has 2 N–H and O–H groups in total. The number of benzene rings is 2. The molecular weight excluding hydrogens is 357 g/mol. The first-order valence-electron chi connectivity index (χ1n) is 8.08. The van der Waals surface area contributed by atoms with Crippen LogP contribution in [-0.2, 0) is 6.42 Å². The van der Waals surface area contributed by atoms with Crippen LogP contribution in [-0.4, -0.2) is 22.4 Å². The van der Waals surface area contributed by atoms with Crippen LogP contribution in [0.4, 0.5) is 24.8 Å². The van der Waals surface area contributed by atoms with Gasteiger partial charge in [-0.2, -0.15) is 0 Å². The maximum absolute atomic E-state index is 13.6. The number of hydrogen-bond donors (Lipinski definition) is 2. The average molecular weight is 372 g/mol. The molecule has 0 saturated heterocycles. The first-order chi connectivity index (χ1) is 13.0. The number of hydrogen-bond acceptors (Lipinski definition) is 4. The van der Waals surface area contributed by atoms with Gasteiger partial charge in [0.05, 0.1) is 5.56 Å². The fourth-order valence-corrected chi connectivity index (χ4v) is 2.31. The van der Waals surface area contributed by atoms with Crippen molar-refractivity contribution >= 4 is 17.5 Å². The molecule has 1 aromatic heterocycles. The van der Waals surface area contributed by atoms with Crippen molar-refractivity contribution in [3.05, 3.63) is 83.4 Å². The minimum absolute atomic E-state index is 0.0399. The van der Waals surface area contributed by atoms with E-state index in [2.05, 4.69) is 20.6 Å². The molecule has 3 aromatic rings. The highest BCUT2D eigenvalue weighted by molar-refractivity contribution is 5.93. The Hall–Kier alpha value is -3.42. The van der Waals surface area contributed by atoms with Gasteiger partial charge >= 0.3 is 0 Å². The van der Waals surface area contributed by atoms with Gasteiger partial charge in [-0.15, -0.1) is 0 Å². The van der Waals surface area contributed by atoms with Gasteiger partial charge in [-0.3, -0.25) is 4.79 Å². The molecule has 0 bridgehead atoms. The molecule has 0 saturated carbocycles. The number of rotatable bonds is 6. The van der Waals surface area contributed by atoms with Crippen LogP contribution in [0.25, 0.3) is 0 Å². The summed E-state index contributed by atoms with van der Waals surface area (Å²) in [5.41, 5.74) is 0.724. The molecule has 2 aromatic carbocycles. The smallest absolute Gasteiger partial charge is 0.254 e. The summed E-state index contributed by atoms with van der Waals surface area (Å²) in [6, 6.07) is 9.46. The van der Waals surface area contributed by atoms with Crippen LogP contribution in [0, 0.1) is 17.5 Å². The molecule has 8 heteroatoms. The van der Waals surface area contributed by atoms with Crippen LogP contribution in [0.2, 0.25) is 0 Å². The van der Waals surface area contributed by atoms with Crippen molar-refractivity contribution < 1.29 is 18.0 Å². The summed E-state index contributed by atoms with van der Waals surface area (Å²) in [4.78, 5) is 19.9. The number of anilines is 2. The summed E-state index contributed by atoms with van der Waals surface area (Å²) >= 11 is 0. The van der Waals surface area contributed by atoms with Crippen molar-refractivity contribution in [2.75, 3.05) is 11.9 Å². The molecule has 0 atom stereocenters. The maximum Gasteiger partial charge on any atom is 0.254 e. The van der Waals surface area contributed by atoms with E-state index in [0.717, 1.165) is 17.7 Å². The number of amides is 1. The lowest BCUT2D eigenvalue weighted by Gasteiger charge is -2.08. The molecule has 3 rings (SSSR count). The van der Waals surface area contributed by atoms with Gasteiger partial charge in [0, 0.05) is 18.9 Å². The summed E-state index contributed by atoms with van der Waals surface area (Å²) in [5.74, 6) is -2.30. The minimum Gasteiger partial charge on any atom is -0.352 e. The quantitative estimate of drug-likeness (QED) is 0.694. The van der Waals surface area contributed by atoms with Gasteiger partial charge in [0.25, 0.3) is 5.91 Å². The number of carbonyl (C=O) groups excluding carboxylic acids is 1. The molecule has 1 heterocycles. The van der Waals surface area contributed by atoms with Gasteiger partial charge in [-0.05, 0) is 36.2 Å². The van der Waals surface area contributed by atoms with E-state index >= 15 is 0 Å². The average Bonchev–Trinajstić information content (AvgIpc) is 2.67. The highest BCUT2D eigenvalue weighted by atomic mass is 19.1. The largest absolute Gasteiger partial charge is 0.352 e. The SMILES string of the molecule is O=C(NCCc1ccc(F)cc1)c1cnc(Nc2c(F)cccc2F)nc1. The molecule has 5 nitrogen and oxygen atoms in total. The van der Waals surface area contributed by atoms with Gasteiger partial charge in [-0.1, -0.05) is 18.2 Å². The zero-order chi connectivity index (χ0) is 19.2. The molecule has 1 amide bonds. The zero-order valence-electron chi connectivity index (χ0n) is 14.0. The van der Waals surface area contributed by atoms with Crippen LogP contribution < -0.4 is 10.6 Å². The summed E-state index contributed by atoms with van der Waals surface area (Å²) in [6.45, 7) is 0.352. The molecule has 0 spiro atoms. The number of para-hydroxylation sites is 1. The summed E-state index contributed by atoms with van der Waals surface area (Å²) in [5, 5.41) is 5.14. The normalized spacial score (nSPS) is 10.5. The molecular formula is C19H15F3N4O. The Labute approximate surface area is 153 Å². The lowest BCUT2D eigenvalue weighted by atomic mass is 10.1. The molecule has 0 fully saturated rings. The van der Waals surface area contributed by atoms with E-state index in [-0.39, 0.29) is 28.9 Å². The van der Waals surface area contributed by atoms with E-state index in [1.807, 2.05) is 0 Å². The first kappa shape index (κ1) is 18.4. The second kappa shape index (κ2) is 8.31. The fraction of sp³-hybridized carbons (Fsp3) is 0.105. The van der Waals surface area contributed by atoms with Crippen molar-refractivity contribution in [2.24, 2.45) is 0 Å². The summed E-state index contributed by atoms with van der Waals surface area (Å²) < 4.78 is 40.0. The summed E-state index contributed by atoms with van der Waals surface area (Å²) in [6.07, 6.45) is 3.04. The van der Waals surface area contributed by atoms with Crippen molar-refractivity contribution in [1.82, 2.24) is 15.3 Å². The van der Waals surface area contributed by atoms with E-state index in [9.17, 15) is 18.0 Å². The molecule has 138 valence electrons. The van der Waals surface area contributed by atoms with Gasteiger partial charge in [0.1, 0.15) is 23.1 Å². The van der Waals surface area contributed by atoms with E-state index in [1.54, 1.807) is 12.1 Å². The van der Waals surface area contributed by atoms with Crippen molar-refractivity contribution in [3.8, 4) is 0 Å². The van der Waals surface area contributed by atoms with Crippen LogP contribution in [0.15, 0.2) is 54.9 Å². The predicted molar refractivity (Wildman–Crippen MR) is 94.1 cm³/mol. The molecule has 27 heavy (non-hydrogen) atoms. The van der Waals surface area contributed by atoms with Crippen LogP contribution in [0.5, 0.6) is 0 Å². The summed E-state index contributed by atoms with van der Waals surface area (Å²) in [7, 11) is 0. The van der Waals surface area contributed by atoms with E-state index < -0.39 is 11.6 Å². The van der Waals surface area contributed by atoms with Crippen LogP contribution >= 0.6 is 0 Å². The second-order valence-corrected chi connectivity index (χ2v) is 5.65. The van der Waals surface area contributed by atoms with Gasteiger partial charge in [0.15, 0.2) is 0 Å². The Morgan fingerprint density at radius 1 is 0.926 bits per heavy atom. The Balaban J connectivity index is 1.56. The highest BCUT2D eigenvalue weighted by Crippen LogP contribution is 2.20. The number of halogens is 3. The second-order valence-electron chi connectivity index (χ2n) is 5.65. The third-order valence-electron chi connectivity index (χ3n) is 3.73. The zero-order valence-corrected chi connectivity index (χ0v) is 14.0. The van der Waals surface area contributed by atoms with Crippen molar-refractivity contribution in [1.29, 1.82) is 0 Å². The molecule has 0 radical (unpaired) electrons. The molecule has 0 unspecified atom stereocenters. The number of nitrogens with one attached hydrogen (secondary N) is 2. The Kier molecular flexibility index (Phi) is 5.65. The van der Waals surface area contributed by atoms with Crippen LogP contribution in [0.3, 0.4) is 0 Å².